The van der Waals surface area contributed by atoms with E-state index < -0.39 is 0 Å². The van der Waals surface area contributed by atoms with Crippen LogP contribution < -0.4 is 5.73 Å². The molecule has 0 aliphatic heterocycles. The molecule has 0 aromatic heterocycles. The Bertz CT molecular complexity index is 261. The van der Waals surface area contributed by atoms with Gasteiger partial charge in [0.05, 0.1) is 0 Å². The Labute approximate surface area is 105 Å². The van der Waals surface area contributed by atoms with Gasteiger partial charge >= 0.3 is 0 Å². The SMILES string of the molecule is CCC(N)CC(=O)N(C)CC1(N(C)C)CCC1. The second kappa shape index (κ2) is 5.83. The Morgan fingerprint density at radius 3 is 2.29 bits per heavy atom. The topological polar surface area (TPSA) is 49.6 Å². The summed E-state index contributed by atoms with van der Waals surface area (Å²) in [5, 5.41) is 0. The number of carbonyl (C=O) groups is 1. The van der Waals surface area contributed by atoms with E-state index in [1.165, 1.54) is 19.3 Å². The summed E-state index contributed by atoms with van der Waals surface area (Å²) in [6, 6.07) is 0.00152. The van der Waals surface area contributed by atoms with Crippen LogP contribution in [0.2, 0.25) is 0 Å². The van der Waals surface area contributed by atoms with Crippen molar-refractivity contribution >= 4 is 5.91 Å². The number of hydrogen-bond donors (Lipinski definition) is 1. The standard InChI is InChI=1S/C13H27N3O/c1-5-11(14)9-12(17)16(4)10-13(15(2)3)7-6-8-13/h11H,5-10,14H2,1-4H3. The molecule has 0 radical (unpaired) electrons. The van der Waals surface area contributed by atoms with Crippen LogP contribution in [0.3, 0.4) is 0 Å². The highest BCUT2D eigenvalue weighted by molar-refractivity contribution is 5.76. The van der Waals surface area contributed by atoms with Crippen molar-refractivity contribution < 1.29 is 4.79 Å². The van der Waals surface area contributed by atoms with Crippen LogP contribution in [0, 0.1) is 0 Å². The molecular weight excluding hydrogens is 214 g/mol. The first-order valence-corrected chi connectivity index (χ1v) is 6.58. The zero-order valence-corrected chi connectivity index (χ0v) is 11.7. The molecule has 1 aliphatic carbocycles. The number of nitrogens with two attached hydrogens (primary N) is 1. The number of rotatable bonds is 6. The van der Waals surface area contributed by atoms with E-state index >= 15 is 0 Å². The van der Waals surface area contributed by atoms with Gasteiger partial charge in [-0.05, 0) is 39.8 Å². The summed E-state index contributed by atoms with van der Waals surface area (Å²) in [5.74, 6) is 0.174. The van der Waals surface area contributed by atoms with Gasteiger partial charge in [0.25, 0.3) is 0 Å². The lowest BCUT2D eigenvalue weighted by atomic mass is 9.75. The Hall–Kier alpha value is -0.610. The Balaban J connectivity index is 2.47. The van der Waals surface area contributed by atoms with Crippen LogP contribution in [0.15, 0.2) is 0 Å². The molecule has 0 aromatic rings. The van der Waals surface area contributed by atoms with Gasteiger partial charge in [0.1, 0.15) is 0 Å². The summed E-state index contributed by atoms with van der Waals surface area (Å²) in [7, 11) is 6.11. The normalized spacial score (nSPS) is 19.9. The molecule has 0 bridgehead atoms. The van der Waals surface area contributed by atoms with Crippen molar-refractivity contribution in [3.05, 3.63) is 0 Å². The summed E-state index contributed by atoms with van der Waals surface area (Å²) < 4.78 is 0. The maximum atomic E-state index is 12.0. The van der Waals surface area contributed by atoms with Crippen LogP contribution in [0.25, 0.3) is 0 Å². The molecule has 0 aromatic carbocycles. The van der Waals surface area contributed by atoms with E-state index in [-0.39, 0.29) is 17.5 Å². The minimum atomic E-state index is 0.00152. The molecule has 0 heterocycles. The summed E-state index contributed by atoms with van der Waals surface area (Å²) >= 11 is 0. The molecule has 0 spiro atoms. The van der Waals surface area contributed by atoms with Gasteiger partial charge in [-0.25, -0.2) is 0 Å². The van der Waals surface area contributed by atoms with Crippen LogP contribution in [0.1, 0.15) is 39.0 Å². The van der Waals surface area contributed by atoms with Crippen LogP contribution in [-0.4, -0.2) is 55.0 Å². The van der Waals surface area contributed by atoms with Gasteiger partial charge in [-0.15, -0.1) is 0 Å². The van der Waals surface area contributed by atoms with Crippen molar-refractivity contribution in [2.24, 2.45) is 5.73 Å². The molecule has 1 saturated carbocycles. The average Bonchev–Trinajstić information content (AvgIpc) is 2.22. The van der Waals surface area contributed by atoms with Gasteiger partial charge in [0.2, 0.25) is 5.91 Å². The van der Waals surface area contributed by atoms with E-state index in [1.54, 1.807) is 0 Å². The largest absolute Gasteiger partial charge is 0.344 e. The maximum absolute atomic E-state index is 12.0. The van der Waals surface area contributed by atoms with Gasteiger partial charge in [-0.1, -0.05) is 6.92 Å². The second-order valence-electron chi connectivity index (χ2n) is 5.59. The Morgan fingerprint density at radius 2 is 1.94 bits per heavy atom. The molecule has 17 heavy (non-hydrogen) atoms. The average molecular weight is 241 g/mol. The van der Waals surface area contributed by atoms with Crippen molar-refractivity contribution in [2.45, 2.75) is 50.6 Å². The molecule has 4 nitrogen and oxygen atoms in total. The van der Waals surface area contributed by atoms with E-state index in [0.29, 0.717) is 6.42 Å². The van der Waals surface area contributed by atoms with Gasteiger partial charge < -0.3 is 15.5 Å². The first-order valence-electron chi connectivity index (χ1n) is 6.58. The van der Waals surface area contributed by atoms with Crippen molar-refractivity contribution in [2.75, 3.05) is 27.7 Å². The lowest BCUT2D eigenvalue weighted by Gasteiger charge is -2.49. The quantitative estimate of drug-likeness (QED) is 0.756. The smallest absolute Gasteiger partial charge is 0.223 e. The van der Waals surface area contributed by atoms with Crippen molar-refractivity contribution in [3.63, 3.8) is 0 Å². The first-order chi connectivity index (χ1) is 7.91. The van der Waals surface area contributed by atoms with Crippen LogP contribution >= 0.6 is 0 Å². The molecule has 1 atom stereocenters. The predicted octanol–water partition coefficient (Wildman–Crippen LogP) is 1.06. The van der Waals surface area contributed by atoms with Crippen LogP contribution in [0.4, 0.5) is 0 Å². The zero-order chi connectivity index (χ0) is 13.1. The summed E-state index contributed by atoms with van der Waals surface area (Å²) in [5.41, 5.74) is 6.03. The lowest BCUT2D eigenvalue weighted by molar-refractivity contribution is -0.133. The Morgan fingerprint density at radius 1 is 1.35 bits per heavy atom. The van der Waals surface area contributed by atoms with E-state index in [4.69, 9.17) is 5.73 Å². The summed E-state index contributed by atoms with van der Waals surface area (Å²) in [6.07, 6.45) is 4.98. The molecule has 1 unspecified atom stereocenters. The zero-order valence-electron chi connectivity index (χ0n) is 11.7. The van der Waals surface area contributed by atoms with E-state index in [9.17, 15) is 4.79 Å². The third-order valence-corrected chi connectivity index (χ3v) is 4.15. The number of likely N-dealkylation sites (N-methyl/N-ethyl adjacent to an activating group) is 2. The van der Waals surface area contributed by atoms with Gasteiger partial charge in [-0.3, -0.25) is 4.79 Å². The number of hydrogen-bond acceptors (Lipinski definition) is 3. The minimum Gasteiger partial charge on any atom is -0.344 e. The van der Waals surface area contributed by atoms with Gasteiger partial charge in [0, 0.05) is 31.6 Å². The molecule has 1 amide bonds. The molecule has 4 heteroatoms. The van der Waals surface area contributed by atoms with Crippen LogP contribution in [-0.2, 0) is 4.79 Å². The van der Waals surface area contributed by atoms with Crippen molar-refractivity contribution in [3.8, 4) is 0 Å². The minimum absolute atomic E-state index is 0.00152. The number of amides is 1. The van der Waals surface area contributed by atoms with Crippen molar-refractivity contribution in [1.82, 2.24) is 9.80 Å². The maximum Gasteiger partial charge on any atom is 0.223 e. The fraction of sp³-hybridized carbons (Fsp3) is 0.923. The molecule has 1 rings (SSSR count). The molecule has 1 aliphatic rings. The van der Waals surface area contributed by atoms with Crippen molar-refractivity contribution in [1.29, 1.82) is 0 Å². The predicted molar refractivity (Wildman–Crippen MR) is 70.8 cm³/mol. The fourth-order valence-electron chi connectivity index (χ4n) is 2.39. The second-order valence-corrected chi connectivity index (χ2v) is 5.59. The third-order valence-electron chi connectivity index (χ3n) is 4.15. The third kappa shape index (κ3) is 3.42. The molecular formula is C13H27N3O. The Kier molecular flexibility index (Phi) is 4.95. The number of nitrogens with zero attached hydrogens (tertiary/aromatic N) is 2. The van der Waals surface area contributed by atoms with E-state index in [0.717, 1.165) is 13.0 Å². The lowest BCUT2D eigenvalue weighted by Crippen LogP contribution is -2.57. The highest BCUT2D eigenvalue weighted by Crippen LogP contribution is 2.36. The highest BCUT2D eigenvalue weighted by atomic mass is 16.2. The molecule has 2 N–H and O–H groups in total. The summed E-state index contributed by atoms with van der Waals surface area (Å²) in [6.45, 7) is 2.85. The summed E-state index contributed by atoms with van der Waals surface area (Å²) in [4.78, 5) is 16.1. The number of carbonyl (C=O) groups excluding carboxylic acids is 1. The monoisotopic (exact) mass is 241 g/mol. The van der Waals surface area contributed by atoms with E-state index in [1.807, 2.05) is 18.9 Å². The van der Waals surface area contributed by atoms with Crippen LogP contribution in [0.5, 0.6) is 0 Å². The fourth-order valence-corrected chi connectivity index (χ4v) is 2.39. The van der Waals surface area contributed by atoms with E-state index in [2.05, 4.69) is 19.0 Å². The van der Waals surface area contributed by atoms with Gasteiger partial charge in [-0.2, -0.15) is 0 Å². The first kappa shape index (κ1) is 14.5. The molecule has 1 fully saturated rings. The molecule has 100 valence electrons. The highest BCUT2D eigenvalue weighted by Gasteiger charge is 2.40. The molecule has 0 saturated heterocycles. The van der Waals surface area contributed by atoms with Gasteiger partial charge in [0.15, 0.2) is 0 Å².